The number of halogens is 1. The van der Waals surface area contributed by atoms with Gasteiger partial charge in [0, 0.05) is 28.6 Å². The van der Waals surface area contributed by atoms with E-state index in [4.69, 9.17) is 0 Å². The molecule has 1 rings (SSSR count). The zero-order chi connectivity index (χ0) is 11.3. The summed E-state index contributed by atoms with van der Waals surface area (Å²) in [6.07, 6.45) is 0. The van der Waals surface area contributed by atoms with Gasteiger partial charge < -0.3 is 5.32 Å². The highest BCUT2D eigenvalue weighted by Gasteiger charge is 2.20. The van der Waals surface area contributed by atoms with Gasteiger partial charge in [-0.15, -0.1) is 0 Å². The second-order valence-corrected chi connectivity index (χ2v) is 4.31. The average molecular weight is 318 g/mol. The molecule has 82 valence electrons. The highest BCUT2D eigenvalue weighted by Crippen LogP contribution is 2.09. The quantitative estimate of drug-likeness (QED) is 0.662. The van der Waals surface area contributed by atoms with E-state index in [0.717, 1.165) is 5.69 Å². The summed E-state index contributed by atoms with van der Waals surface area (Å²) in [6, 6.07) is 9.32. The van der Waals surface area contributed by atoms with Crippen LogP contribution in [0.3, 0.4) is 0 Å². The number of amides is 1. The van der Waals surface area contributed by atoms with E-state index >= 15 is 0 Å². The van der Waals surface area contributed by atoms with Crippen molar-refractivity contribution >= 4 is 34.5 Å². The fraction of sp³-hybridized carbons (Fsp3) is 0.364. The lowest BCUT2D eigenvalue weighted by Gasteiger charge is -2.18. The Morgan fingerprint density at radius 1 is 1.27 bits per heavy atom. The molecule has 1 amide bonds. The van der Waals surface area contributed by atoms with Gasteiger partial charge in [0.2, 0.25) is 5.91 Å². The van der Waals surface area contributed by atoms with Crippen LogP contribution in [0, 0.1) is 5.92 Å². The van der Waals surface area contributed by atoms with Gasteiger partial charge in [0.05, 0.1) is 6.04 Å². The smallest absolute Gasteiger partial charge is 0.242 e. The van der Waals surface area contributed by atoms with Crippen LogP contribution in [-0.4, -0.2) is 11.9 Å². The van der Waals surface area contributed by atoms with Gasteiger partial charge in [-0.1, -0.05) is 32.0 Å². The molecule has 0 spiro atoms. The monoisotopic (exact) mass is 318 g/mol. The van der Waals surface area contributed by atoms with E-state index in [1.807, 2.05) is 67.0 Å². The molecule has 2 N–H and O–H groups in total. The molecule has 0 bridgehead atoms. The molecule has 1 atom stereocenters. The zero-order valence-electron chi connectivity index (χ0n) is 8.83. The number of anilines is 1. The number of hydrogen-bond donors (Lipinski definition) is 2. The average Bonchev–Trinajstić information content (AvgIpc) is 2.19. The summed E-state index contributed by atoms with van der Waals surface area (Å²) in [5, 5.41) is 2.87. The zero-order valence-corrected chi connectivity index (χ0v) is 11.0. The number of rotatable bonds is 4. The molecule has 0 heterocycles. The summed E-state index contributed by atoms with van der Waals surface area (Å²) in [4.78, 5) is 11.8. The van der Waals surface area contributed by atoms with Gasteiger partial charge in [-0.2, -0.15) is 0 Å². The number of carbonyl (C=O) groups is 1. The molecule has 0 saturated heterocycles. The lowest BCUT2D eigenvalue weighted by Crippen LogP contribution is -2.39. The second kappa shape index (κ2) is 6.07. The molecule has 0 aromatic heterocycles. The number of carbonyl (C=O) groups excluding carboxylic acids is 1. The van der Waals surface area contributed by atoms with Crippen molar-refractivity contribution < 1.29 is 4.79 Å². The number of nitrogens with one attached hydrogen (secondary N) is 2. The Morgan fingerprint density at radius 2 is 1.87 bits per heavy atom. The van der Waals surface area contributed by atoms with Gasteiger partial charge in [-0.3, -0.25) is 4.79 Å². The third-order valence-corrected chi connectivity index (χ3v) is 2.78. The first-order valence-electron chi connectivity index (χ1n) is 4.87. The van der Waals surface area contributed by atoms with E-state index in [1.165, 1.54) is 0 Å². The first kappa shape index (κ1) is 12.4. The highest BCUT2D eigenvalue weighted by molar-refractivity contribution is 14.1. The van der Waals surface area contributed by atoms with E-state index in [0.29, 0.717) is 0 Å². The van der Waals surface area contributed by atoms with Crippen molar-refractivity contribution in [3.05, 3.63) is 30.3 Å². The van der Waals surface area contributed by atoms with Crippen LogP contribution in [0.1, 0.15) is 13.8 Å². The molecule has 0 aliphatic carbocycles. The minimum atomic E-state index is -0.161. The summed E-state index contributed by atoms with van der Waals surface area (Å²) >= 11 is 2.01. The normalized spacial score (nSPS) is 12.5. The number of hydrogen-bond acceptors (Lipinski definition) is 2. The molecule has 0 aliphatic heterocycles. The van der Waals surface area contributed by atoms with Crippen molar-refractivity contribution in [2.75, 3.05) is 5.32 Å². The van der Waals surface area contributed by atoms with Crippen molar-refractivity contribution in [3.8, 4) is 0 Å². The fourth-order valence-corrected chi connectivity index (χ4v) is 2.22. The van der Waals surface area contributed by atoms with Crippen LogP contribution in [0.15, 0.2) is 30.3 Å². The van der Waals surface area contributed by atoms with Crippen molar-refractivity contribution in [1.29, 1.82) is 0 Å². The van der Waals surface area contributed by atoms with Crippen LogP contribution in [-0.2, 0) is 4.79 Å². The van der Waals surface area contributed by atoms with Crippen molar-refractivity contribution in [2.45, 2.75) is 19.9 Å². The Balaban J connectivity index is 2.62. The molecular formula is C11H15IN2O. The molecule has 3 nitrogen and oxygen atoms in total. The van der Waals surface area contributed by atoms with Crippen molar-refractivity contribution in [1.82, 2.24) is 3.53 Å². The van der Waals surface area contributed by atoms with Gasteiger partial charge in [0.15, 0.2) is 0 Å². The maximum absolute atomic E-state index is 11.8. The minimum Gasteiger partial charge on any atom is -0.325 e. The van der Waals surface area contributed by atoms with E-state index in [9.17, 15) is 4.79 Å². The molecule has 0 unspecified atom stereocenters. The molecule has 1 aromatic carbocycles. The van der Waals surface area contributed by atoms with Crippen LogP contribution < -0.4 is 8.85 Å². The van der Waals surface area contributed by atoms with Crippen molar-refractivity contribution in [3.63, 3.8) is 0 Å². The third-order valence-electron chi connectivity index (χ3n) is 2.11. The topological polar surface area (TPSA) is 41.1 Å². The van der Waals surface area contributed by atoms with E-state index in [1.54, 1.807) is 0 Å². The lowest BCUT2D eigenvalue weighted by atomic mass is 10.1. The molecule has 0 saturated carbocycles. The van der Waals surface area contributed by atoms with E-state index in [-0.39, 0.29) is 17.9 Å². The van der Waals surface area contributed by atoms with E-state index in [2.05, 4.69) is 8.85 Å². The third kappa shape index (κ3) is 3.79. The predicted molar refractivity (Wildman–Crippen MR) is 70.9 cm³/mol. The molecular weight excluding hydrogens is 303 g/mol. The first-order valence-corrected chi connectivity index (χ1v) is 5.95. The Bertz CT molecular complexity index is 314. The van der Waals surface area contributed by atoms with E-state index < -0.39 is 0 Å². The maximum Gasteiger partial charge on any atom is 0.242 e. The highest BCUT2D eigenvalue weighted by atomic mass is 127. The molecule has 0 aliphatic rings. The van der Waals surface area contributed by atoms with Crippen molar-refractivity contribution in [2.24, 2.45) is 5.92 Å². The summed E-state index contributed by atoms with van der Waals surface area (Å²) in [7, 11) is 0. The van der Waals surface area contributed by atoms with Gasteiger partial charge in [0.1, 0.15) is 0 Å². The number of para-hydroxylation sites is 1. The summed E-state index contributed by atoms with van der Waals surface area (Å²) in [6.45, 7) is 4.03. The Labute approximate surface area is 104 Å². The second-order valence-electron chi connectivity index (χ2n) is 3.69. The first-order chi connectivity index (χ1) is 7.15. The predicted octanol–water partition coefficient (Wildman–Crippen LogP) is 2.59. The van der Waals surface area contributed by atoms with Gasteiger partial charge in [-0.05, 0) is 18.1 Å². The van der Waals surface area contributed by atoms with Crippen LogP contribution >= 0.6 is 22.9 Å². The largest absolute Gasteiger partial charge is 0.325 e. The van der Waals surface area contributed by atoms with Crippen LogP contribution in [0.5, 0.6) is 0 Å². The summed E-state index contributed by atoms with van der Waals surface area (Å²) in [5.41, 5.74) is 0.833. The van der Waals surface area contributed by atoms with Crippen LogP contribution in [0.4, 0.5) is 5.69 Å². The SMILES string of the molecule is CC(C)[C@H](NI)C(=O)Nc1ccccc1. The van der Waals surface area contributed by atoms with Gasteiger partial charge >= 0.3 is 0 Å². The standard InChI is InChI=1S/C11H15IN2O/c1-8(2)10(14-12)11(15)13-9-6-4-3-5-7-9/h3-8,10,14H,1-2H3,(H,13,15)/t10-/m0/s1. The molecule has 4 heteroatoms. The summed E-state index contributed by atoms with van der Waals surface area (Å²) in [5.74, 6) is 0.274. The molecule has 0 fully saturated rings. The van der Waals surface area contributed by atoms with Gasteiger partial charge in [0.25, 0.3) is 0 Å². The Hall–Kier alpha value is -0.620. The molecule has 1 aromatic rings. The maximum atomic E-state index is 11.8. The Kier molecular flexibility index (Phi) is 5.04. The minimum absolute atomic E-state index is 0.00519. The van der Waals surface area contributed by atoms with Crippen LogP contribution in [0.25, 0.3) is 0 Å². The van der Waals surface area contributed by atoms with Gasteiger partial charge in [-0.25, -0.2) is 3.53 Å². The summed E-state index contributed by atoms with van der Waals surface area (Å²) < 4.78 is 2.98. The lowest BCUT2D eigenvalue weighted by molar-refractivity contribution is -0.118. The molecule has 0 radical (unpaired) electrons. The molecule has 15 heavy (non-hydrogen) atoms. The number of benzene rings is 1. The van der Waals surface area contributed by atoms with Crippen LogP contribution in [0.2, 0.25) is 0 Å². The Morgan fingerprint density at radius 3 is 2.33 bits per heavy atom. The fourth-order valence-electron chi connectivity index (χ4n) is 1.22.